The van der Waals surface area contributed by atoms with Crippen LogP contribution in [0, 0.1) is 0 Å². The van der Waals surface area contributed by atoms with Crippen LogP contribution in [0.5, 0.6) is 5.75 Å². The van der Waals surface area contributed by atoms with Gasteiger partial charge >= 0.3 is 0 Å². The third-order valence-corrected chi connectivity index (χ3v) is 3.70. The molecule has 3 rings (SSSR count). The first-order valence-corrected chi connectivity index (χ1v) is 6.44. The fourth-order valence-electron chi connectivity index (χ4n) is 1.77. The summed E-state index contributed by atoms with van der Waals surface area (Å²) in [4.78, 5) is 5.19. The van der Waals surface area contributed by atoms with E-state index in [-0.39, 0.29) is 0 Å². The van der Waals surface area contributed by atoms with Crippen molar-refractivity contribution in [2.24, 2.45) is 0 Å². The molecule has 2 aromatic heterocycles. The number of hydrogen-bond donors (Lipinski definition) is 1. The smallest absolute Gasteiger partial charge is 0.138 e. The number of benzene rings is 1. The number of thiophene rings is 1. The first kappa shape index (κ1) is 11.0. The van der Waals surface area contributed by atoms with E-state index in [1.807, 2.05) is 30.3 Å². The van der Waals surface area contributed by atoms with E-state index in [9.17, 15) is 0 Å². The zero-order valence-electron chi connectivity index (χ0n) is 9.67. The van der Waals surface area contributed by atoms with E-state index in [4.69, 9.17) is 10.5 Å². The van der Waals surface area contributed by atoms with Crippen LogP contribution in [-0.2, 0) is 6.61 Å². The predicted molar refractivity (Wildman–Crippen MR) is 74.8 cm³/mol. The van der Waals surface area contributed by atoms with Crippen LogP contribution in [0.25, 0.3) is 10.1 Å². The molecule has 4 heteroatoms. The van der Waals surface area contributed by atoms with Gasteiger partial charge in [-0.1, -0.05) is 0 Å². The highest BCUT2D eigenvalue weighted by atomic mass is 32.1. The fourth-order valence-corrected chi connectivity index (χ4v) is 2.73. The topological polar surface area (TPSA) is 48.1 Å². The number of rotatable bonds is 3. The average molecular weight is 256 g/mol. The van der Waals surface area contributed by atoms with Gasteiger partial charge in [0.1, 0.15) is 12.4 Å². The second kappa shape index (κ2) is 4.66. The molecule has 2 heterocycles. The number of nitrogen functional groups attached to an aromatic ring is 1. The summed E-state index contributed by atoms with van der Waals surface area (Å²) in [6.45, 7) is 0.560. The van der Waals surface area contributed by atoms with E-state index < -0.39 is 0 Å². The molecule has 0 aliphatic carbocycles. The molecule has 90 valence electrons. The van der Waals surface area contributed by atoms with Crippen LogP contribution in [0.4, 0.5) is 5.69 Å². The molecule has 3 nitrogen and oxygen atoms in total. The summed E-state index contributed by atoms with van der Waals surface area (Å²) in [5.74, 6) is 0.787. The number of ether oxygens (including phenoxy) is 1. The summed E-state index contributed by atoms with van der Waals surface area (Å²) < 4.78 is 6.90. The lowest BCUT2D eigenvalue weighted by molar-refractivity contribution is 0.308. The Balaban J connectivity index is 1.79. The maximum atomic E-state index is 5.76. The van der Waals surface area contributed by atoms with Gasteiger partial charge in [-0.2, -0.15) is 0 Å². The van der Waals surface area contributed by atoms with Crippen LogP contribution in [0.1, 0.15) is 4.88 Å². The Kier molecular flexibility index (Phi) is 2.86. The number of fused-ring (bicyclic) bond motifs is 1. The van der Waals surface area contributed by atoms with E-state index in [1.165, 1.54) is 15.0 Å². The molecule has 0 amide bonds. The third-order valence-electron chi connectivity index (χ3n) is 2.61. The summed E-state index contributed by atoms with van der Waals surface area (Å²) in [5, 5.41) is 1.17. The Hall–Kier alpha value is -2.07. The minimum Gasteiger partial charge on any atom is -0.486 e. The lowest BCUT2D eigenvalue weighted by atomic mass is 10.2. The molecule has 0 spiro atoms. The number of aromatic nitrogens is 1. The van der Waals surface area contributed by atoms with E-state index in [0.717, 1.165) is 11.4 Å². The summed E-state index contributed by atoms with van der Waals surface area (Å²) in [6, 6.07) is 11.8. The van der Waals surface area contributed by atoms with Crippen LogP contribution in [-0.4, -0.2) is 4.98 Å². The second-order valence-corrected chi connectivity index (χ2v) is 5.16. The SMILES string of the molecule is Nc1ccc2sc(COc3cccnc3)cc2c1. The van der Waals surface area contributed by atoms with Gasteiger partial charge < -0.3 is 10.5 Å². The molecule has 3 aromatic rings. The maximum absolute atomic E-state index is 5.76. The molecule has 0 radical (unpaired) electrons. The van der Waals surface area contributed by atoms with Gasteiger partial charge in [-0.15, -0.1) is 11.3 Å². The highest BCUT2D eigenvalue weighted by Gasteiger charge is 2.03. The molecule has 0 fully saturated rings. The van der Waals surface area contributed by atoms with Gasteiger partial charge in [0, 0.05) is 21.5 Å². The Morgan fingerprint density at radius 3 is 3.00 bits per heavy atom. The molecule has 18 heavy (non-hydrogen) atoms. The van der Waals surface area contributed by atoms with Crippen LogP contribution in [0.3, 0.4) is 0 Å². The van der Waals surface area contributed by atoms with Crippen molar-refractivity contribution in [2.45, 2.75) is 6.61 Å². The van der Waals surface area contributed by atoms with Crippen molar-refractivity contribution in [2.75, 3.05) is 5.73 Å². The molecule has 0 saturated heterocycles. The molecule has 0 bridgehead atoms. The lowest BCUT2D eigenvalue weighted by Crippen LogP contribution is -1.92. The van der Waals surface area contributed by atoms with Gasteiger partial charge in [-0.25, -0.2) is 0 Å². The molecule has 0 atom stereocenters. The van der Waals surface area contributed by atoms with Crippen molar-refractivity contribution >= 4 is 27.1 Å². The number of hydrogen-bond acceptors (Lipinski definition) is 4. The standard InChI is InChI=1S/C14H12N2OS/c15-11-3-4-14-10(6-11)7-13(18-14)9-17-12-2-1-5-16-8-12/h1-8H,9,15H2. The molecule has 0 saturated carbocycles. The minimum absolute atomic E-state index is 0.560. The van der Waals surface area contributed by atoms with Crippen molar-refractivity contribution in [1.82, 2.24) is 4.98 Å². The van der Waals surface area contributed by atoms with Crippen molar-refractivity contribution < 1.29 is 4.74 Å². The first-order chi connectivity index (χ1) is 8.81. The molecule has 0 aliphatic rings. The van der Waals surface area contributed by atoms with E-state index >= 15 is 0 Å². The zero-order valence-corrected chi connectivity index (χ0v) is 10.5. The second-order valence-electron chi connectivity index (χ2n) is 3.99. The molecular formula is C14H12N2OS. The number of anilines is 1. The Morgan fingerprint density at radius 2 is 2.17 bits per heavy atom. The van der Waals surface area contributed by atoms with Crippen LogP contribution in [0.15, 0.2) is 48.8 Å². The maximum Gasteiger partial charge on any atom is 0.138 e. The summed E-state index contributed by atoms with van der Waals surface area (Å²) >= 11 is 1.72. The summed E-state index contributed by atoms with van der Waals surface area (Å²) in [7, 11) is 0. The van der Waals surface area contributed by atoms with Crippen LogP contribution in [0.2, 0.25) is 0 Å². The molecule has 0 unspecified atom stereocenters. The van der Waals surface area contributed by atoms with Crippen LogP contribution < -0.4 is 10.5 Å². The van der Waals surface area contributed by atoms with Gasteiger partial charge in [0.05, 0.1) is 6.20 Å². The minimum atomic E-state index is 0.560. The van der Waals surface area contributed by atoms with E-state index in [2.05, 4.69) is 11.1 Å². The fraction of sp³-hybridized carbons (Fsp3) is 0.0714. The predicted octanol–water partition coefficient (Wildman–Crippen LogP) is 3.46. The van der Waals surface area contributed by atoms with Crippen molar-refractivity contribution in [3.05, 3.63) is 53.7 Å². The Labute approximate surface area is 109 Å². The van der Waals surface area contributed by atoms with Crippen molar-refractivity contribution in [3.63, 3.8) is 0 Å². The quantitative estimate of drug-likeness (QED) is 0.730. The van der Waals surface area contributed by atoms with E-state index in [0.29, 0.717) is 6.61 Å². The van der Waals surface area contributed by atoms with Crippen molar-refractivity contribution in [3.8, 4) is 5.75 Å². The van der Waals surface area contributed by atoms with Gasteiger partial charge in [0.2, 0.25) is 0 Å². The van der Waals surface area contributed by atoms with Gasteiger partial charge in [-0.05, 0) is 41.8 Å². The molecular weight excluding hydrogens is 244 g/mol. The van der Waals surface area contributed by atoms with E-state index in [1.54, 1.807) is 23.7 Å². The lowest BCUT2D eigenvalue weighted by Gasteiger charge is -2.02. The van der Waals surface area contributed by atoms with Gasteiger partial charge in [0.25, 0.3) is 0 Å². The Morgan fingerprint density at radius 1 is 1.22 bits per heavy atom. The third kappa shape index (κ3) is 2.28. The van der Waals surface area contributed by atoms with Crippen LogP contribution >= 0.6 is 11.3 Å². The number of pyridine rings is 1. The monoisotopic (exact) mass is 256 g/mol. The molecule has 2 N–H and O–H groups in total. The normalized spacial score (nSPS) is 10.7. The number of nitrogens with two attached hydrogens (primary N) is 1. The number of nitrogens with zero attached hydrogens (tertiary/aromatic N) is 1. The summed E-state index contributed by atoms with van der Waals surface area (Å²) in [5.41, 5.74) is 6.55. The van der Waals surface area contributed by atoms with Gasteiger partial charge in [0.15, 0.2) is 0 Å². The first-order valence-electron chi connectivity index (χ1n) is 5.62. The largest absolute Gasteiger partial charge is 0.486 e. The highest BCUT2D eigenvalue weighted by molar-refractivity contribution is 7.19. The highest BCUT2D eigenvalue weighted by Crippen LogP contribution is 2.28. The zero-order chi connectivity index (χ0) is 12.4. The molecule has 1 aromatic carbocycles. The van der Waals surface area contributed by atoms with Crippen molar-refractivity contribution in [1.29, 1.82) is 0 Å². The average Bonchev–Trinajstić information content (AvgIpc) is 2.79. The Bertz CT molecular complexity index is 664. The summed E-state index contributed by atoms with van der Waals surface area (Å²) in [6.07, 6.45) is 3.44. The van der Waals surface area contributed by atoms with Gasteiger partial charge in [-0.3, -0.25) is 4.98 Å². The molecule has 0 aliphatic heterocycles.